The Labute approximate surface area is 121 Å². The number of nitrogens with two attached hydrogens (primary N) is 1. The number of hydrogen-bond acceptors (Lipinski definition) is 3. The van der Waals surface area contributed by atoms with Crippen LogP contribution in [0.2, 0.25) is 0 Å². The van der Waals surface area contributed by atoms with Gasteiger partial charge in [-0.2, -0.15) is 0 Å². The molecule has 1 fully saturated rings. The second-order valence-corrected chi connectivity index (χ2v) is 7.78. The average molecular weight is 296 g/mol. The normalized spacial score (nSPS) is 26.9. The topological polar surface area (TPSA) is 72.2 Å². The van der Waals surface area contributed by atoms with Crippen molar-refractivity contribution in [2.45, 2.75) is 51.5 Å². The molecule has 0 saturated heterocycles. The first-order valence-corrected chi connectivity index (χ1v) is 8.59. The summed E-state index contributed by atoms with van der Waals surface area (Å²) in [4.78, 5) is 0.307. The second-order valence-electron chi connectivity index (χ2n) is 6.10. The molecule has 112 valence electrons. The summed E-state index contributed by atoms with van der Waals surface area (Å²) >= 11 is 0. The van der Waals surface area contributed by atoms with Gasteiger partial charge in [-0.1, -0.05) is 13.8 Å². The zero-order chi connectivity index (χ0) is 15.1. The maximum Gasteiger partial charge on any atom is 0.241 e. The maximum atomic E-state index is 12.6. The van der Waals surface area contributed by atoms with Crippen molar-refractivity contribution in [1.29, 1.82) is 0 Å². The van der Waals surface area contributed by atoms with Gasteiger partial charge in [0.05, 0.1) is 4.90 Å². The van der Waals surface area contributed by atoms with Crippen LogP contribution in [-0.4, -0.2) is 14.5 Å². The third-order valence-electron chi connectivity index (χ3n) is 4.70. The van der Waals surface area contributed by atoms with Crippen LogP contribution in [0.4, 0.5) is 5.69 Å². The van der Waals surface area contributed by atoms with Crippen molar-refractivity contribution in [1.82, 2.24) is 4.72 Å². The van der Waals surface area contributed by atoms with E-state index in [2.05, 4.69) is 18.6 Å². The average Bonchev–Trinajstić information content (AvgIpc) is 2.65. The van der Waals surface area contributed by atoms with Crippen molar-refractivity contribution >= 4 is 15.7 Å². The highest BCUT2D eigenvalue weighted by Gasteiger charge is 2.33. The van der Waals surface area contributed by atoms with Crippen molar-refractivity contribution in [3.63, 3.8) is 0 Å². The molecule has 3 unspecified atom stereocenters. The molecule has 1 aliphatic rings. The molecule has 1 aromatic rings. The first-order chi connectivity index (χ1) is 9.22. The van der Waals surface area contributed by atoms with E-state index in [1.54, 1.807) is 12.1 Å². The molecule has 3 atom stereocenters. The molecule has 0 aromatic heterocycles. The Morgan fingerprint density at radius 2 is 1.85 bits per heavy atom. The number of anilines is 1. The molecule has 0 aliphatic heterocycles. The van der Waals surface area contributed by atoms with Crippen LogP contribution in [0.5, 0.6) is 0 Å². The van der Waals surface area contributed by atoms with E-state index in [1.165, 1.54) is 0 Å². The lowest BCUT2D eigenvalue weighted by Crippen LogP contribution is -2.37. The molecule has 1 aliphatic carbocycles. The molecule has 1 saturated carbocycles. The van der Waals surface area contributed by atoms with Crippen LogP contribution in [0.15, 0.2) is 17.0 Å². The van der Waals surface area contributed by atoms with Gasteiger partial charge in [0.2, 0.25) is 10.0 Å². The molecule has 2 rings (SSSR count). The van der Waals surface area contributed by atoms with Crippen LogP contribution >= 0.6 is 0 Å². The lowest BCUT2D eigenvalue weighted by molar-refractivity contribution is 0.402. The molecule has 0 amide bonds. The quantitative estimate of drug-likeness (QED) is 0.842. The summed E-state index contributed by atoms with van der Waals surface area (Å²) in [5.74, 6) is 0.929. The summed E-state index contributed by atoms with van der Waals surface area (Å²) in [6.07, 6.45) is 1.98. The fourth-order valence-electron chi connectivity index (χ4n) is 2.93. The van der Waals surface area contributed by atoms with Gasteiger partial charge < -0.3 is 5.73 Å². The van der Waals surface area contributed by atoms with Crippen LogP contribution in [0, 0.1) is 25.7 Å². The van der Waals surface area contributed by atoms with E-state index in [9.17, 15) is 8.42 Å². The molecule has 0 radical (unpaired) electrons. The third-order valence-corrected chi connectivity index (χ3v) is 6.32. The van der Waals surface area contributed by atoms with E-state index in [-0.39, 0.29) is 6.04 Å². The van der Waals surface area contributed by atoms with E-state index < -0.39 is 10.0 Å². The predicted molar refractivity (Wildman–Crippen MR) is 82.0 cm³/mol. The Balaban J connectivity index is 2.32. The molecule has 4 nitrogen and oxygen atoms in total. The highest BCUT2D eigenvalue weighted by atomic mass is 32.2. The monoisotopic (exact) mass is 296 g/mol. The molecular weight excluding hydrogens is 272 g/mol. The SMILES string of the molecule is Cc1cc(N)cc(S(=O)(=O)NC2CCC(C)C2C)c1C. The van der Waals surface area contributed by atoms with Crippen molar-refractivity contribution in [3.05, 3.63) is 23.3 Å². The molecule has 3 N–H and O–H groups in total. The van der Waals surface area contributed by atoms with Gasteiger partial charge in [0.25, 0.3) is 0 Å². The summed E-state index contributed by atoms with van der Waals surface area (Å²) in [6, 6.07) is 3.37. The second kappa shape index (κ2) is 5.37. The Bertz CT molecular complexity index is 611. The highest BCUT2D eigenvalue weighted by Crippen LogP contribution is 2.32. The number of hydrogen-bond donors (Lipinski definition) is 2. The molecule has 5 heteroatoms. The molecule has 0 bridgehead atoms. The minimum Gasteiger partial charge on any atom is -0.399 e. The molecular formula is C15H24N2O2S. The van der Waals surface area contributed by atoms with Gasteiger partial charge in [0, 0.05) is 11.7 Å². The van der Waals surface area contributed by atoms with Gasteiger partial charge in [0.1, 0.15) is 0 Å². The van der Waals surface area contributed by atoms with Crippen LogP contribution < -0.4 is 10.5 Å². The fraction of sp³-hybridized carbons (Fsp3) is 0.600. The summed E-state index contributed by atoms with van der Waals surface area (Å²) in [6.45, 7) is 7.99. The van der Waals surface area contributed by atoms with Crippen LogP contribution in [0.25, 0.3) is 0 Å². The minimum absolute atomic E-state index is 0.0242. The van der Waals surface area contributed by atoms with E-state index in [1.807, 2.05) is 13.8 Å². The first-order valence-electron chi connectivity index (χ1n) is 7.11. The predicted octanol–water partition coefficient (Wildman–Crippen LogP) is 2.60. The molecule has 1 aromatic carbocycles. The standard InChI is InChI=1S/C15H24N2O2S/c1-9-5-6-14(11(9)3)17-20(18,19)15-8-13(16)7-10(2)12(15)4/h7-9,11,14,17H,5-6,16H2,1-4H3. The number of aryl methyl sites for hydroxylation is 1. The highest BCUT2D eigenvalue weighted by molar-refractivity contribution is 7.89. The number of nitrogens with one attached hydrogen (secondary N) is 1. The minimum atomic E-state index is -3.51. The van der Waals surface area contributed by atoms with Gasteiger partial charge in [-0.25, -0.2) is 13.1 Å². The van der Waals surface area contributed by atoms with Gasteiger partial charge in [0.15, 0.2) is 0 Å². The van der Waals surface area contributed by atoms with Crippen molar-refractivity contribution in [2.75, 3.05) is 5.73 Å². The Morgan fingerprint density at radius 1 is 1.20 bits per heavy atom. The Kier molecular flexibility index (Phi) is 4.12. The third kappa shape index (κ3) is 2.83. The molecule has 0 heterocycles. The largest absolute Gasteiger partial charge is 0.399 e. The Hall–Kier alpha value is -1.07. The fourth-order valence-corrected chi connectivity index (χ4v) is 4.64. The summed E-state index contributed by atoms with van der Waals surface area (Å²) in [7, 11) is -3.51. The van der Waals surface area contributed by atoms with Gasteiger partial charge in [-0.05, 0) is 61.8 Å². The zero-order valence-electron chi connectivity index (χ0n) is 12.6. The van der Waals surface area contributed by atoms with Crippen LogP contribution in [0.3, 0.4) is 0 Å². The summed E-state index contributed by atoms with van der Waals surface area (Å²) in [5.41, 5.74) is 7.95. The number of sulfonamides is 1. The van der Waals surface area contributed by atoms with Crippen molar-refractivity contribution in [3.8, 4) is 0 Å². The smallest absolute Gasteiger partial charge is 0.241 e. The zero-order valence-corrected chi connectivity index (χ0v) is 13.4. The maximum absolute atomic E-state index is 12.6. The van der Waals surface area contributed by atoms with Crippen molar-refractivity contribution in [2.24, 2.45) is 11.8 Å². The van der Waals surface area contributed by atoms with Crippen LogP contribution in [0.1, 0.15) is 37.8 Å². The van der Waals surface area contributed by atoms with Crippen molar-refractivity contribution < 1.29 is 8.42 Å². The summed E-state index contributed by atoms with van der Waals surface area (Å²) < 4.78 is 28.1. The van der Waals surface area contributed by atoms with Gasteiger partial charge >= 0.3 is 0 Å². The van der Waals surface area contributed by atoms with Gasteiger partial charge in [-0.15, -0.1) is 0 Å². The lowest BCUT2D eigenvalue weighted by Gasteiger charge is -2.21. The Morgan fingerprint density at radius 3 is 2.40 bits per heavy atom. The molecule has 20 heavy (non-hydrogen) atoms. The summed E-state index contributed by atoms with van der Waals surface area (Å²) in [5, 5.41) is 0. The van der Waals surface area contributed by atoms with E-state index in [4.69, 9.17) is 5.73 Å². The van der Waals surface area contributed by atoms with Crippen LogP contribution in [-0.2, 0) is 10.0 Å². The molecule has 0 spiro atoms. The van der Waals surface area contributed by atoms with E-state index in [0.29, 0.717) is 22.4 Å². The number of benzene rings is 1. The lowest BCUT2D eigenvalue weighted by atomic mass is 9.98. The van der Waals surface area contributed by atoms with E-state index >= 15 is 0 Å². The number of nitrogen functional groups attached to an aromatic ring is 1. The van der Waals surface area contributed by atoms with E-state index in [0.717, 1.165) is 24.0 Å². The van der Waals surface area contributed by atoms with Gasteiger partial charge in [-0.3, -0.25) is 0 Å². The number of rotatable bonds is 3. The first kappa shape index (κ1) is 15.3.